The van der Waals surface area contributed by atoms with Gasteiger partial charge in [0.1, 0.15) is 0 Å². The number of rotatable bonds is 5. The lowest BCUT2D eigenvalue weighted by Crippen LogP contribution is -2.17. The van der Waals surface area contributed by atoms with Crippen molar-refractivity contribution < 1.29 is 0 Å². The second-order valence-corrected chi connectivity index (χ2v) is 5.04. The molecule has 0 aromatic heterocycles. The van der Waals surface area contributed by atoms with Crippen LogP contribution >= 0.6 is 11.6 Å². The molecule has 0 aliphatic heterocycles. The Labute approximate surface area is 130 Å². The van der Waals surface area contributed by atoms with Crippen LogP contribution < -0.4 is 4.90 Å². The lowest BCUT2D eigenvalue weighted by molar-refractivity contribution is 0.905. The van der Waals surface area contributed by atoms with E-state index in [9.17, 15) is 0 Å². The fourth-order valence-electron chi connectivity index (χ4n) is 1.86. The predicted molar refractivity (Wildman–Crippen MR) is 88.6 cm³/mol. The van der Waals surface area contributed by atoms with Crippen molar-refractivity contribution >= 4 is 29.2 Å². The Morgan fingerprint density at radius 2 is 1.90 bits per heavy atom. The first-order valence-corrected chi connectivity index (χ1v) is 7.05. The van der Waals surface area contributed by atoms with Gasteiger partial charge in [0.15, 0.2) is 0 Å². The Balaban J connectivity index is 2.06. The summed E-state index contributed by atoms with van der Waals surface area (Å²) in [5.41, 5.74) is 2.85. The molecule has 0 fully saturated rings. The SMILES string of the molecule is CN(CCC#N)c1ccc(C=Nc2ccccc2Cl)cc1. The summed E-state index contributed by atoms with van der Waals surface area (Å²) in [5.74, 6) is 0. The second-order valence-electron chi connectivity index (χ2n) is 4.63. The first-order chi connectivity index (χ1) is 10.2. The fourth-order valence-corrected chi connectivity index (χ4v) is 2.05. The fraction of sp³-hybridized carbons (Fsp3) is 0.176. The first kappa shape index (κ1) is 15.1. The van der Waals surface area contributed by atoms with Crippen molar-refractivity contribution in [3.8, 4) is 6.07 Å². The molecule has 0 heterocycles. The third kappa shape index (κ3) is 4.34. The Morgan fingerprint density at radius 3 is 2.57 bits per heavy atom. The number of hydrogen-bond donors (Lipinski definition) is 0. The monoisotopic (exact) mass is 297 g/mol. The van der Waals surface area contributed by atoms with Gasteiger partial charge in [0.25, 0.3) is 0 Å². The summed E-state index contributed by atoms with van der Waals surface area (Å²) < 4.78 is 0. The third-order valence-corrected chi connectivity index (χ3v) is 3.42. The maximum Gasteiger partial charge on any atom is 0.0816 e. The van der Waals surface area contributed by atoms with E-state index in [0.29, 0.717) is 11.4 Å². The highest BCUT2D eigenvalue weighted by atomic mass is 35.5. The quantitative estimate of drug-likeness (QED) is 0.765. The van der Waals surface area contributed by atoms with Crippen LogP contribution in [0.5, 0.6) is 0 Å². The summed E-state index contributed by atoms with van der Waals surface area (Å²) in [7, 11) is 1.98. The minimum atomic E-state index is 0.520. The van der Waals surface area contributed by atoms with Crippen molar-refractivity contribution in [3.63, 3.8) is 0 Å². The number of benzene rings is 2. The highest BCUT2D eigenvalue weighted by molar-refractivity contribution is 6.33. The molecule has 4 heteroatoms. The number of para-hydroxylation sites is 1. The largest absolute Gasteiger partial charge is 0.374 e. The summed E-state index contributed by atoms with van der Waals surface area (Å²) in [6, 6.07) is 17.7. The lowest BCUT2D eigenvalue weighted by atomic mass is 10.2. The van der Waals surface area contributed by atoms with Crippen LogP contribution in [0.2, 0.25) is 5.02 Å². The minimum Gasteiger partial charge on any atom is -0.374 e. The number of nitrogens with zero attached hydrogens (tertiary/aromatic N) is 3. The van der Waals surface area contributed by atoms with Gasteiger partial charge in [0, 0.05) is 25.5 Å². The van der Waals surface area contributed by atoms with Crippen molar-refractivity contribution in [3.05, 3.63) is 59.1 Å². The topological polar surface area (TPSA) is 39.4 Å². The molecule has 0 saturated carbocycles. The molecule has 106 valence electrons. The highest BCUT2D eigenvalue weighted by Crippen LogP contribution is 2.23. The summed E-state index contributed by atoms with van der Waals surface area (Å²) >= 11 is 6.06. The van der Waals surface area contributed by atoms with Crippen LogP contribution in [0.4, 0.5) is 11.4 Å². The number of anilines is 1. The van der Waals surface area contributed by atoms with E-state index in [1.165, 1.54) is 0 Å². The Morgan fingerprint density at radius 1 is 1.19 bits per heavy atom. The van der Waals surface area contributed by atoms with Crippen LogP contribution in [0.15, 0.2) is 53.5 Å². The number of hydrogen-bond acceptors (Lipinski definition) is 3. The second kappa shape index (κ2) is 7.47. The summed E-state index contributed by atoms with van der Waals surface area (Å²) in [6.07, 6.45) is 2.31. The zero-order chi connectivity index (χ0) is 15.1. The predicted octanol–water partition coefficient (Wildman–Crippen LogP) is 4.44. The molecular formula is C17H16ClN3. The molecule has 21 heavy (non-hydrogen) atoms. The minimum absolute atomic E-state index is 0.520. The zero-order valence-electron chi connectivity index (χ0n) is 11.8. The molecular weight excluding hydrogens is 282 g/mol. The van der Waals surface area contributed by atoms with E-state index in [1.807, 2.05) is 55.6 Å². The highest BCUT2D eigenvalue weighted by Gasteiger charge is 2.00. The Hall–Kier alpha value is -2.31. The molecule has 0 amide bonds. The molecule has 0 atom stereocenters. The van der Waals surface area contributed by atoms with E-state index >= 15 is 0 Å². The first-order valence-electron chi connectivity index (χ1n) is 6.67. The molecule has 0 bridgehead atoms. The third-order valence-electron chi connectivity index (χ3n) is 3.10. The number of halogens is 1. The number of nitriles is 1. The normalized spacial score (nSPS) is 10.5. The van der Waals surface area contributed by atoms with Gasteiger partial charge in [-0.05, 0) is 29.8 Å². The molecule has 0 aliphatic rings. The van der Waals surface area contributed by atoms with Crippen LogP contribution in [0.3, 0.4) is 0 Å². The van der Waals surface area contributed by atoms with Crippen molar-refractivity contribution in [2.24, 2.45) is 4.99 Å². The van der Waals surface area contributed by atoms with Gasteiger partial charge in [0.2, 0.25) is 0 Å². The molecule has 0 aliphatic carbocycles. The van der Waals surface area contributed by atoms with Crippen LogP contribution in [0.25, 0.3) is 0 Å². The van der Waals surface area contributed by atoms with Gasteiger partial charge in [-0.3, -0.25) is 4.99 Å². The van der Waals surface area contributed by atoms with E-state index in [2.05, 4.69) is 16.0 Å². The lowest BCUT2D eigenvalue weighted by Gasteiger charge is -2.17. The molecule has 0 unspecified atom stereocenters. The van der Waals surface area contributed by atoms with Crippen LogP contribution in [0, 0.1) is 11.3 Å². The van der Waals surface area contributed by atoms with Gasteiger partial charge in [-0.1, -0.05) is 35.9 Å². The average molecular weight is 298 g/mol. The summed E-state index contributed by atoms with van der Waals surface area (Å²) in [5, 5.41) is 9.24. The van der Waals surface area contributed by atoms with Gasteiger partial charge in [-0.2, -0.15) is 5.26 Å². The maximum atomic E-state index is 8.60. The summed E-state index contributed by atoms with van der Waals surface area (Å²) in [4.78, 5) is 6.44. The smallest absolute Gasteiger partial charge is 0.0816 e. The Kier molecular flexibility index (Phi) is 5.36. The van der Waals surface area contributed by atoms with Gasteiger partial charge < -0.3 is 4.90 Å². The van der Waals surface area contributed by atoms with Crippen LogP contribution in [-0.2, 0) is 0 Å². The van der Waals surface area contributed by atoms with Gasteiger partial charge in [-0.15, -0.1) is 0 Å². The molecule has 0 radical (unpaired) electrons. The molecule has 0 N–H and O–H groups in total. The standard InChI is InChI=1S/C17H16ClN3/c1-21(12-4-11-19)15-9-7-14(8-10-15)13-20-17-6-3-2-5-16(17)18/h2-3,5-10,13H,4,12H2,1H3. The number of aliphatic imine (C=N–C) groups is 1. The Bertz CT molecular complexity index is 656. The summed E-state index contributed by atoms with van der Waals surface area (Å²) in [6.45, 7) is 0.726. The van der Waals surface area contributed by atoms with Gasteiger partial charge >= 0.3 is 0 Å². The average Bonchev–Trinajstić information content (AvgIpc) is 2.52. The molecule has 2 aromatic carbocycles. The van der Waals surface area contributed by atoms with Crippen molar-refractivity contribution in [2.45, 2.75) is 6.42 Å². The van der Waals surface area contributed by atoms with Crippen LogP contribution in [-0.4, -0.2) is 19.8 Å². The van der Waals surface area contributed by atoms with E-state index in [0.717, 1.165) is 23.5 Å². The van der Waals surface area contributed by atoms with E-state index < -0.39 is 0 Å². The van der Waals surface area contributed by atoms with Crippen LogP contribution in [0.1, 0.15) is 12.0 Å². The molecule has 2 rings (SSSR count). The van der Waals surface area contributed by atoms with E-state index in [4.69, 9.17) is 16.9 Å². The van der Waals surface area contributed by atoms with Gasteiger partial charge in [0.05, 0.1) is 23.2 Å². The zero-order valence-corrected chi connectivity index (χ0v) is 12.6. The van der Waals surface area contributed by atoms with Crippen molar-refractivity contribution in [1.82, 2.24) is 0 Å². The van der Waals surface area contributed by atoms with Crippen molar-refractivity contribution in [1.29, 1.82) is 5.26 Å². The molecule has 3 nitrogen and oxygen atoms in total. The molecule has 2 aromatic rings. The van der Waals surface area contributed by atoms with E-state index in [1.54, 1.807) is 6.21 Å². The van der Waals surface area contributed by atoms with Crippen molar-refractivity contribution in [2.75, 3.05) is 18.5 Å². The maximum absolute atomic E-state index is 8.60. The molecule has 0 spiro atoms. The van der Waals surface area contributed by atoms with E-state index in [-0.39, 0.29) is 0 Å². The molecule has 0 saturated heterocycles. The van der Waals surface area contributed by atoms with Gasteiger partial charge in [-0.25, -0.2) is 0 Å².